The Bertz CT molecular complexity index is 674. The highest BCUT2D eigenvalue weighted by Gasteiger charge is 2.18. The number of nitro groups is 1. The predicted octanol–water partition coefficient (Wildman–Crippen LogP) is 3.54. The van der Waals surface area contributed by atoms with E-state index in [1.165, 1.54) is 31.4 Å². The Morgan fingerprint density at radius 1 is 1.24 bits per heavy atom. The number of benzene rings is 2. The molecule has 0 fully saturated rings. The Morgan fingerprint density at radius 3 is 2.62 bits per heavy atom. The average molecular weight is 310 g/mol. The second kappa shape index (κ2) is 6.43. The number of rotatable bonds is 5. The zero-order chi connectivity index (χ0) is 15.4. The third kappa shape index (κ3) is 3.42. The van der Waals surface area contributed by atoms with Gasteiger partial charge in [0.1, 0.15) is 11.5 Å². The van der Waals surface area contributed by atoms with Crippen LogP contribution in [0.4, 0.5) is 5.69 Å². The van der Waals surface area contributed by atoms with Crippen molar-refractivity contribution in [3.8, 4) is 17.2 Å². The molecule has 0 heterocycles. The minimum absolute atomic E-state index is 0.0105. The maximum Gasteiger partial charge on any atom is 0.311 e. The van der Waals surface area contributed by atoms with Gasteiger partial charge in [-0.15, -0.1) is 0 Å². The van der Waals surface area contributed by atoms with Crippen molar-refractivity contribution < 1.29 is 19.5 Å². The third-order valence-corrected chi connectivity index (χ3v) is 3.02. The van der Waals surface area contributed by atoms with Crippen LogP contribution in [0.25, 0.3) is 0 Å². The van der Waals surface area contributed by atoms with Gasteiger partial charge in [0.15, 0.2) is 0 Å². The summed E-state index contributed by atoms with van der Waals surface area (Å²) >= 11 is 5.88. The molecule has 0 aliphatic heterocycles. The van der Waals surface area contributed by atoms with Crippen molar-refractivity contribution in [3.63, 3.8) is 0 Å². The number of methoxy groups -OCH3 is 1. The van der Waals surface area contributed by atoms with E-state index < -0.39 is 4.92 Å². The lowest BCUT2D eigenvalue weighted by molar-refractivity contribution is -0.385. The van der Waals surface area contributed by atoms with Crippen LogP contribution in [0.1, 0.15) is 5.56 Å². The van der Waals surface area contributed by atoms with E-state index >= 15 is 0 Å². The fourth-order valence-corrected chi connectivity index (χ4v) is 1.89. The molecule has 21 heavy (non-hydrogen) atoms. The van der Waals surface area contributed by atoms with Gasteiger partial charge in [0.05, 0.1) is 18.6 Å². The maximum atomic E-state index is 11.0. The average Bonchev–Trinajstić information content (AvgIpc) is 2.47. The van der Waals surface area contributed by atoms with E-state index in [4.69, 9.17) is 21.1 Å². The summed E-state index contributed by atoms with van der Waals surface area (Å²) in [4.78, 5) is 10.5. The highest BCUT2D eigenvalue weighted by molar-refractivity contribution is 6.30. The monoisotopic (exact) mass is 309 g/mol. The first-order valence-electron chi connectivity index (χ1n) is 5.94. The highest BCUT2D eigenvalue weighted by atomic mass is 35.5. The molecule has 2 rings (SSSR count). The summed E-state index contributed by atoms with van der Waals surface area (Å²) in [5.74, 6) is 0.681. The molecule has 110 valence electrons. The Labute approximate surface area is 125 Å². The normalized spacial score (nSPS) is 10.2. The largest absolute Gasteiger partial charge is 0.497 e. The van der Waals surface area contributed by atoms with Crippen molar-refractivity contribution in [1.82, 2.24) is 0 Å². The zero-order valence-corrected chi connectivity index (χ0v) is 11.8. The van der Waals surface area contributed by atoms with Gasteiger partial charge in [-0.2, -0.15) is 0 Å². The van der Waals surface area contributed by atoms with Crippen LogP contribution in [0.3, 0.4) is 0 Å². The van der Waals surface area contributed by atoms with Crippen molar-refractivity contribution in [2.75, 3.05) is 7.11 Å². The van der Waals surface area contributed by atoms with Crippen LogP contribution in [0.15, 0.2) is 36.4 Å². The number of halogens is 1. The maximum absolute atomic E-state index is 11.0. The number of hydrogen-bond acceptors (Lipinski definition) is 5. The molecule has 0 aromatic heterocycles. The molecule has 6 nitrogen and oxygen atoms in total. The molecule has 0 radical (unpaired) electrons. The minimum atomic E-state index is -0.558. The molecule has 0 spiro atoms. The molecular weight excluding hydrogens is 298 g/mol. The Balaban J connectivity index is 2.47. The van der Waals surface area contributed by atoms with Gasteiger partial charge in [0.25, 0.3) is 0 Å². The van der Waals surface area contributed by atoms with E-state index in [9.17, 15) is 15.2 Å². The number of hydrogen-bond donors (Lipinski definition) is 1. The van der Waals surface area contributed by atoms with Crippen molar-refractivity contribution in [1.29, 1.82) is 0 Å². The van der Waals surface area contributed by atoms with Crippen LogP contribution in [-0.4, -0.2) is 17.1 Å². The molecular formula is C14H12ClNO5. The molecule has 7 heteroatoms. The second-order valence-corrected chi connectivity index (χ2v) is 4.54. The zero-order valence-electron chi connectivity index (χ0n) is 11.1. The third-order valence-electron chi connectivity index (χ3n) is 2.78. The van der Waals surface area contributed by atoms with E-state index in [0.717, 1.165) is 0 Å². The van der Waals surface area contributed by atoms with Gasteiger partial charge in [-0.25, -0.2) is 0 Å². The summed E-state index contributed by atoms with van der Waals surface area (Å²) in [6, 6.07) is 8.83. The topological polar surface area (TPSA) is 81.8 Å². The van der Waals surface area contributed by atoms with Gasteiger partial charge in [0.2, 0.25) is 5.75 Å². The van der Waals surface area contributed by atoms with Crippen LogP contribution >= 0.6 is 11.6 Å². The number of nitrogens with zero attached hydrogens (tertiary/aromatic N) is 1. The molecule has 0 amide bonds. The summed E-state index contributed by atoms with van der Waals surface area (Å²) < 4.78 is 10.6. The Morgan fingerprint density at radius 2 is 2.00 bits per heavy atom. The van der Waals surface area contributed by atoms with E-state index in [-0.39, 0.29) is 23.8 Å². The lowest BCUT2D eigenvalue weighted by Crippen LogP contribution is -1.97. The standard InChI is InChI=1S/C14H12ClNO5/c1-20-11-4-5-12(16(18)19)14(7-11)21-13-6-10(15)3-2-9(13)8-17/h2-7,17H,8H2,1H3. The molecule has 0 bridgehead atoms. The van der Waals surface area contributed by atoms with Crippen LogP contribution in [0, 0.1) is 10.1 Å². The summed E-state index contributed by atoms with van der Waals surface area (Å²) in [5.41, 5.74) is 0.260. The Hall–Kier alpha value is -2.31. The van der Waals surface area contributed by atoms with Gasteiger partial charge in [0, 0.05) is 22.7 Å². The molecule has 0 saturated carbocycles. The van der Waals surface area contributed by atoms with Crippen molar-refractivity contribution in [2.45, 2.75) is 6.61 Å². The molecule has 0 aliphatic rings. The first-order chi connectivity index (χ1) is 10.0. The first-order valence-corrected chi connectivity index (χ1v) is 6.32. The summed E-state index contributed by atoms with van der Waals surface area (Å²) in [7, 11) is 1.45. The highest BCUT2D eigenvalue weighted by Crippen LogP contribution is 2.36. The molecule has 0 atom stereocenters. The summed E-state index contributed by atoms with van der Waals surface area (Å²) in [5, 5.41) is 20.7. The Kier molecular flexibility index (Phi) is 4.62. The minimum Gasteiger partial charge on any atom is -0.497 e. The predicted molar refractivity (Wildman–Crippen MR) is 77.1 cm³/mol. The molecule has 0 saturated heterocycles. The summed E-state index contributed by atoms with van der Waals surface area (Å²) in [6.45, 7) is -0.274. The fraction of sp³-hybridized carbons (Fsp3) is 0.143. The van der Waals surface area contributed by atoms with Crippen LogP contribution < -0.4 is 9.47 Å². The fourth-order valence-electron chi connectivity index (χ4n) is 1.73. The molecule has 0 unspecified atom stereocenters. The smallest absolute Gasteiger partial charge is 0.311 e. The van der Waals surface area contributed by atoms with E-state index in [1.54, 1.807) is 12.1 Å². The molecule has 0 aliphatic carbocycles. The van der Waals surface area contributed by atoms with Crippen molar-refractivity contribution >= 4 is 17.3 Å². The number of ether oxygens (including phenoxy) is 2. The quantitative estimate of drug-likeness (QED) is 0.674. The van der Waals surface area contributed by atoms with Gasteiger partial charge < -0.3 is 14.6 Å². The molecule has 2 aromatic carbocycles. The van der Waals surface area contributed by atoms with E-state index in [1.807, 2.05) is 0 Å². The van der Waals surface area contributed by atoms with Gasteiger partial charge >= 0.3 is 5.69 Å². The van der Waals surface area contributed by atoms with Crippen LogP contribution in [0.5, 0.6) is 17.2 Å². The number of aliphatic hydroxyl groups excluding tert-OH is 1. The lowest BCUT2D eigenvalue weighted by atomic mass is 10.2. The molecule has 2 aromatic rings. The van der Waals surface area contributed by atoms with Crippen molar-refractivity contribution in [3.05, 3.63) is 57.1 Å². The van der Waals surface area contributed by atoms with E-state index in [2.05, 4.69) is 0 Å². The second-order valence-electron chi connectivity index (χ2n) is 4.10. The van der Waals surface area contributed by atoms with Crippen LogP contribution in [-0.2, 0) is 6.61 Å². The first kappa shape index (κ1) is 15.1. The van der Waals surface area contributed by atoms with Gasteiger partial charge in [-0.3, -0.25) is 10.1 Å². The van der Waals surface area contributed by atoms with Gasteiger partial charge in [-0.05, 0) is 18.2 Å². The molecule has 1 N–H and O–H groups in total. The van der Waals surface area contributed by atoms with E-state index in [0.29, 0.717) is 16.3 Å². The van der Waals surface area contributed by atoms with Crippen molar-refractivity contribution in [2.24, 2.45) is 0 Å². The van der Waals surface area contributed by atoms with Gasteiger partial charge in [-0.1, -0.05) is 17.7 Å². The number of nitro benzene ring substituents is 1. The van der Waals surface area contributed by atoms with Crippen LogP contribution in [0.2, 0.25) is 5.02 Å². The SMILES string of the molecule is COc1ccc([N+](=O)[O-])c(Oc2cc(Cl)ccc2CO)c1. The number of aliphatic hydroxyl groups is 1. The lowest BCUT2D eigenvalue weighted by Gasteiger charge is -2.11. The summed E-state index contributed by atoms with van der Waals surface area (Å²) in [6.07, 6.45) is 0.